The van der Waals surface area contributed by atoms with E-state index in [1.807, 2.05) is 6.07 Å². The van der Waals surface area contributed by atoms with Gasteiger partial charge in [0.1, 0.15) is 17.5 Å². The topological polar surface area (TPSA) is 67.1 Å². The summed E-state index contributed by atoms with van der Waals surface area (Å²) in [6, 6.07) is 2.30. The van der Waals surface area contributed by atoms with E-state index in [0.717, 1.165) is 24.6 Å². The van der Waals surface area contributed by atoms with Crippen LogP contribution in [0.25, 0.3) is 0 Å². The first-order valence-corrected chi connectivity index (χ1v) is 6.92. The van der Waals surface area contributed by atoms with E-state index in [9.17, 15) is 0 Å². The molecule has 0 amide bonds. The highest BCUT2D eigenvalue weighted by molar-refractivity contribution is 5.50. The zero-order chi connectivity index (χ0) is 14.6. The molecule has 0 aliphatic carbocycles. The Morgan fingerprint density at radius 2 is 1.95 bits per heavy atom. The quantitative estimate of drug-likeness (QED) is 0.633. The summed E-state index contributed by atoms with van der Waals surface area (Å²) in [6.07, 6.45) is 1.08. The number of hydrogen-bond donors (Lipinski definition) is 2. The molecule has 0 aromatic carbocycles. The Bertz CT molecular complexity index is 409. The van der Waals surface area contributed by atoms with E-state index in [0.29, 0.717) is 11.9 Å². The molecule has 0 aliphatic rings. The molecule has 1 aromatic heterocycles. The van der Waals surface area contributed by atoms with Gasteiger partial charge in [-0.05, 0) is 20.3 Å². The molecule has 5 nitrogen and oxygen atoms in total. The van der Waals surface area contributed by atoms with Gasteiger partial charge < -0.3 is 10.3 Å². The summed E-state index contributed by atoms with van der Waals surface area (Å²) in [7, 11) is 0. The van der Waals surface area contributed by atoms with Crippen molar-refractivity contribution in [3.05, 3.63) is 11.9 Å². The van der Waals surface area contributed by atoms with Crippen LogP contribution in [0.15, 0.2) is 6.07 Å². The van der Waals surface area contributed by atoms with Gasteiger partial charge in [-0.2, -0.15) is 0 Å². The van der Waals surface area contributed by atoms with Crippen LogP contribution < -0.4 is 16.2 Å². The lowest BCUT2D eigenvalue weighted by Crippen LogP contribution is -2.33. The van der Waals surface area contributed by atoms with Crippen molar-refractivity contribution in [1.29, 1.82) is 0 Å². The Kier molecular flexibility index (Phi) is 5.11. The van der Waals surface area contributed by atoms with E-state index < -0.39 is 0 Å². The number of hydrogen-bond acceptors (Lipinski definition) is 5. The maximum Gasteiger partial charge on any atom is 0.145 e. The molecule has 0 fully saturated rings. The molecular weight excluding hydrogens is 238 g/mol. The number of rotatable bonds is 5. The van der Waals surface area contributed by atoms with Crippen LogP contribution in [0, 0.1) is 0 Å². The summed E-state index contributed by atoms with van der Waals surface area (Å²) in [5.41, 5.74) is 2.54. The molecular formula is C14H27N5. The van der Waals surface area contributed by atoms with E-state index in [-0.39, 0.29) is 5.41 Å². The van der Waals surface area contributed by atoms with E-state index >= 15 is 0 Å². The number of nitrogens with one attached hydrogen (secondary N) is 1. The largest absolute Gasteiger partial charge is 0.354 e. The van der Waals surface area contributed by atoms with E-state index in [4.69, 9.17) is 10.8 Å². The molecule has 1 rings (SSSR count). The van der Waals surface area contributed by atoms with Crippen molar-refractivity contribution in [3.8, 4) is 0 Å². The van der Waals surface area contributed by atoms with Crippen molar-refractivity contribution in [3.63, 3.8) is 0 Å². The van der Waals surface area contributed by atoms with E-state index in [2.05, 4.69) is 56.9 Å². The number of nitrogens with two attached hydrogens (primary N) is 1. The molecule has 19 heavy (non-hydrogen) atoms. The summed E-state index contributed by atoms with van der Waals surface area (Å²) >= 11 is 0. The number of anilines is 2. The SMILES string of the molecule is CCCN(c1cc(NN)nc(C(C)(C)C)n1)C(C)C. The number of hydrazine groups is 1. The predicted molar refractivity (Wildman–Crippen MR) is 81.3 cm³/mol. The summed E-state index contributed by atoms with van der Waals surface area (Å²) < 4.78 is 0. The molecule has 0 saturated carbocycles. The van der Waals surface area contributed by atoms with Crippen molar-refractivity contribution in [1.82, 2.24) is 9.97 Å². The molecule has 0 radical (unpaired) electrons. The molecule has 3 N–H and O–H groups in total. The normalized spacial score (nSPS) is 11.8. The van der Waals surface area contributed by atoms with Gasteiger partial charge in [-0.15, -0.1) is 0 Å². The molecule has 0 unspecified atom stereocenters. The second-order valence-corrected chi connectivity index (χ2v) is 6.12. The van der Waals surface area contributed by atoms with Crippen LogP contribution in [0.5, 0.6) is 0 Å². The zero-order valence-electron chi connectivity index (χ0n) is 13.0. The van der Waals surface area contributed by atoms with Gasteiger partial charge in [0.05, 0.1) is 0 Å². The highest BCUT2D eigenvalue weighted by atomic mass is 15.3. The summed E-state index contributed by atoms with van der Waals surface area (Å²) in [4.78, 5) is 11.4. The third-order valence-electron chi connectivity index (χ3n) is 2.91. The standard InChI is InChI=1S/C14H27N5/c1-7-8-19(10(2)3)12-9-11(18-15)16-13(17-12)14(4,5)6/h9-10H,7-8,15H2,1-6H3,(H,16,17,18). The second-order valence-electron chi connectivity index (χ2n) is 6.12. The molecule has 0 atom stereocenters. The molecule has 5 heteroatoms. The molecule has 1 aromatic rings. The lowest BCUT2D eigenvalue weighted by Gasteiger charge is -2.29. The van der Waals surface area contributed by atoms with Gasteiger partial charge in [0.2, 0.25) is 0 Å². The average molecular weight is 265 g/mol. The Morgan fingerprint density at radius 1 is 1.32 bits per heavy atom. The van der Waals surface area contributed by atoms with E-state index in [1.165, 1.54) is 0 Å². The van der Waals surface area contributed by atoms with Gasteiger partial charge in [-0.1, -0.05) is 27.7 Å². The maximum absolute atomic E-state index is 5.52. The Labute approximate surface area is 116 Å². The first-order chi connectivity index (χ1) is 8.79. The molecule has 0 spiro atoms. The fourth-order valence-electron chi connectivity index (χ4n) is 1.87. The zero-order valence-corrected chi connectivity index (χ0v) is 13.0. The van der Waals surface area contributed by atoms with Crippen molar-refractivity contribution >= 4 is 11.6 Å². The van der Waals surface area contributed by atoms with Crippen LogP contribution in [0.2, 0.25) is 0 Å². The van der Waals surface area contributed by atoms with Crippen LogP contribution in [-0.2, 0) is 5.41 Å². The van der Waals surface area contributed by atoms with Crippen LogP contribution in [-0.4, -0.2) is 22.6 Å². The van der Waals surface area contributed by atoms with Gasteiger partial charge in [-0.3, -0.25) is 0 Å². The number of nitrogens with zero attached hydrogens (tertiary/aromatic N) is 3. The fourth-order valence-corrected chi connectivity index (χ4v) is 1.87. The Balaban J connectivity index is 3.25. The van der Waals surface area contributed by atoms with Gasteiger partial charge in [-0.25, -0.2) is 15.8 Å². The van der Waals surface area contributed by atoms with Gasteiger partial charge in [0, 0.05) is 24.1 Å². The Hall–Kier alpha value is -1.36. The second kappa shape index (κ2) is 6.19. The summed E-state index contributed by atoms with van der Waals surface area (Å²) in [5.74, 6) is 7.93. The average Bonchev–Trinajstić information content (AvgIpc) is 2.33. The fraction of sp³-hybridized carbons (Fsp3) is 0.714. The smallest absolute Gasteiger partial charge is 0.145 e. The van der Waals surface area contributed by atoms with Crippen molar-refractivity contribution in [2.45, 2.75) is 59.4 Å². The van der Waals surface area contributed by atoms with Crippen LogP contribution >= 0.6 is 0 Å². The van der Waals surface area contributed by atoms with Crippen LogP contribution in [0.1, 0.15) is 53.8 Å². The van der Waals surface area contributed by atoms with Crippen molar-refractivity contribution < 1.29 is 0 Å². The summed E-state index contributed by atoms with van der Waals surface area (Å²) in [6.45, 7) is 13.8. The first-order valence-electron chi connectivity index (χ1n) is 6.92. The molecule has 0 saturated heterocycles. The molecule has 0 aliphatic heterocycles. The highest BCUT2D eigenvalue weighted by Crippen LogP contribution is 2.24. The number of nitrogen functional groups attached to an aromatic ring is 1. The highest BCUT2D eigenvalue weighted by Gasteiger charge is 2.21. The molecule has 1 heterocycles. The predicted octanol–water partition coefficient (Wildman–Crippen LogP) is 2.68. The minimum Gasteiger partial charge on any atom is -0.354 e. The monoisotopic (exact) mass is 265 g/mol. The lowest BCUT2D eigenvalue weighted by atomic mass is 9.96. The molecule has 108 valence electrons. The minimum absolute atomic E-state index is 0.101. The Morgan fingerprint density at radius 3 is 2.37 bits per heavy atom. The lowest BCUT2D eigenvalue weighted by molar-refractivity contribution is 0.542. The maximum atomic E-state index is 5.52. The third kappa shape index (κ3) is 4.06. The van der Waals surface area contributed by atoms with Gasteiger partial charge in [0.25, 0.3) is 0 Å². The molecule has 0 bridgehead atoms. The van der Waals surface area contributed by atoms with Crippen LogP contribution in [0.3, 0.4) is 0 Å². The third-order valence-corrected chi connectivity index (χ3v) is 2.91. The van der Waals surface area contributed by atoms with Gasteiger partial charge in [0.15, 0.2) is 0 Å². The van der Waals surface area contributed by atoms with Crippen molar-refractivity contribution in [2.75, 3.05) is 16.9 Å². The van der Waals surface area contributed by atoms with Gasteiger partial charge >= 0.3 is 0 Å². The van der Waals surface area contributed by atoms with Crippen molar-refractivity contribution in [2.24, 2.45) is 5.84 Å². The summed E-state index contributed by atoms with van der Waals surface area (Å²) in [5, 5.41) is 0. The number of aromatic nitrogens is 2. The first kappa shape index (κ1) is 15.7. The minimum atomic E-state index is -0.101. The van der Waals surface area contributed by atoms with Crippen LogP contribution in [0.4, 0.5) is 11.6 Å². The van der Waals surface area contributed by atoms with E-state index in [1.54, 1.807) is 0 Å².